The van der Waals surface area contributed by atoms with Crippen molar-refractivity contribution in [2.24, 2.45) is 5.92 Å². The molecule has 0 radical (unpaired) electrons. The number of halogens is 2. The zero-order valence-electron chi connectivity index (χ0n) is 9.02. The molecule has 0 saturated carbocycles. The number of alkyl halides is 2. The van der Waals surface area contributed by atoms with Crippen LogP contribution in [0.15, 0.2) is 0 Å². The molecule has 0 aromatic rings. The second kappa shape index (κ2) is 5.21. The maximum atomic E-state index is 11.9. The summed E-state index contributed by atoms with van der Waals surface area (Å²) in [5.41, 5.74) is 0. The first kappa shape index (κ1) is 11.3. The van der Waals surface area contributed by atoms with E-state index in [1.165, 1.54) is 25.7 Å². The van der Waals surface area contributed by atoms with Gasteiger partial charge in [0, 0.05) is 12.1 Å². The minimum absolute atomic E-state index is 0.155. The fourth-order valence-electron chi connectivity index (χ4n) is 2.93. The van der Waals surface area contributed by atoms with E-state index >= 15 is 0 Å². The molecule has 2 atom stereocenters. The summed E-state index contributed by atoms with van der Waals surface area (Å²) in [5, 5.41) is 6.40. The number of nitrogens with one attached hydrogen (secondary N) is 2. The summed E-state index contributed by atoms with van der Waals surface area (Å²) >= 11 is 0. The van der Waals surface area contributed by atoms with Gasteiger partial charge in [-0.15, -0.1) is 0 Å². The van der Waals surface area contributed by atoms with Gasteiger partial charge in [0.25, 0.3) is 6.43 Å². The van der Waals surface area contributed by atoms with Crippen molar-refractivity contribution in [3.05, 3.63) is 0 Å². The quantitative estimate of drug-likeness (QED) is 0.687. The molecular weight excluding hydrogens is 198 g/mol. The second-order valence-corrected chi connectivity index (χ2v) is 4.86. The van der Waals surface area contributed by atoms with Gasteiger partial charge in [-0.3, -0.25) is 0 Å². The lowest BCUT2D eigenvalue weighted by molar-refractivity contribution is 0.144. The van der Waals surface area contributed by atoms with Crippen LogP contribution in [0.1, 0.15) is 32.1 Å². The minimum atomic E-state index is -2.21. The summed E-state index contributed by atoms with van der Waals surface area (Å²) in [5.74, 6) is 0.744. The van der Waals surface area contributed by atoms with Crippen LogP contribution >= 0.6 is 0 Å². The average Bonchev–Trinajstić information content (AvgIpc) is 2.53. The predicted molar refractivity (Wildman–Crippen MR) is 56.2 cm³/mol. The van der Waals surface area contributed by atoms with Gasteiger partial charge in [-0.2, -0.15) is 0 Å². The van der Waals surface area contributed by atoms with Crippen LogP contribution in [0.25, 0.3) is 0 Å². The second-order valence-electron chi connectivity index (χ2n) is 4.86. The van der Waals surface area contributed by atoms with E-state index in [-0.39, 0.29) is 6.54 Å². The van der Waals surface area contributed by atoms with Crippen molar-refractivity contribution in [1.82, 2.24) is 10.6 Å². The molecule has 2 rings (SSSR count). The Morgan fingerprint density at radius 2 is 1.87 bits per heavy atom. The van der Waals surface area contributed by atoms with E-state index < -0.39 is 6.43 Å². The monoisotopic (exact) mass is 218 g/mol. The van der Waals surface area contributed by atoms with Crippen LogP contribution in [0, 0.1) is 5.92 Å². The number of hydrogen-bond donors (Lipinski definition) is 2. The third-order valence-electron chi connectivity index (χ3n) is 3.60. The van der Waals surface area contributed by atoms with Crippen LogP contribution in [-0.2, 0) is 0 Å². The van der Waals surface area contributed by atoms with Gasteiger partial charge in [0.2, 0.25) is 0 Å². The highest BCUT2D eigenvalue weighted by Gasteiger charge is 2.32. The third kappa shape index (κ3) is 3.38. The molecule has 88 valence electrons. The van der Waals surface area contributed by atoms with Gasteiger partial charge in [0.05, 0.1) is 6.54 Å². The van der Waals surface area contributed by atoms with Gasteiger partial charge in [-0.1, -0.05) is 0 Å². The molecule has 4 heteroatoms. The molecular formula is C11H20F2N2. The zero-order chi connectivity index (χ0) is 10.7. The SMILES string of the molecule is FC(F)CNCCC1CC2CCC(C1)N2. The van der Waals surface area contributed by atoms with Gasteiger partial charge in [0.1, 0.15) is 0 Å². The van der Waals surface area contributed by atoms with Crippen LogP contribution in [-0.4, -0.2) is 31.6 Å². The summed E-state index contributed by atoms with van der Waals surface area (Å²) < 4.78 is 23.7. The highest BCUT2D eigenvalue weighted by molar-refractivity contribution is 4.91. The van der Waals surface area contributed by atoms with Crippen molar-refractivity contribution >= 4 is 0 Å². The van der Waals surface area contributed by atoms with E-state index in [9.17, 15) is 8.78 Å². The molecule has 2 N–H and O–H groups in total. The van der Waals surface area contributed by atoms with E-state index in [2.05, 4.69) is 10.6 Å². The summed E-state index contributed by atoms with van der Waals surface area (Å²) in [6, 6.07) is 1.42. The number of rotatable bonds is 5. The maximum Gasteiger partial charge on any atom is 0.250 e. The molecule has 0 aromatic heterocycles. The number of piperidine rings is 1. The Bertz CT molecular complexity index is 187. The highest BCUT2D eigenvalue weighted by Crippen LogP contribution is 2.32. The van der Waals surface area contributed by atoms with E-state index in [1.807, 2.05) is 0 Å². The first-order valence-electron chi connectivity index (χ1n) is 5.99. The lowest BCUT2D eigenvalue weighted by Gasteiger charge is -2.29. The van der Waals surface area contributed by atoms with Crippen LogP contribution in [0.4, 0.5) is 8.78 Å². The van der Waals surface area contributed by atoms with Crippen LogP contribution in [0.3, 0.4) is 0 Å². The van der Waals surface area contributed by atoms with Crippen molar-refractivity contribution in [1.29, 1.82) is 0 Å². The highest BCUT2D eigenvalue weighted by atomic mass is 19.3. The van der Waals surface area contributed by atoms with Crippen LogP contribution < -0.4 is 10.6 Å². The fraction of sp³-hybridized carbons (Fsp3) is 1.00. The average molecular weight is 218 g/mol. The Kier molecular flexibility index (Phi) is 3.92. The molecule has 2 nitrogen and oxygen atoms in total. The molecule has 2 unspecified atom stereocenters. The van der Waals surface area contributed by atoms with Crippen molar-refractivity contribution in [3.63, 3.8) is 0 Å². The molecule has 0 spiro atoms. The molecule has 2 aliphatic heterocycles. The predicted octanol–water partition coefficient (Wildman–Crippen LogP) is 1.76. The molecule has 2 saturated heterocycles. The Balaban J connectivity index is 1.59. The molecule has 2 fully saturated rings. The smallest absolute Gasteiger partial charge is 0.250 e. The van der Waals surface area contributed by atoms with Crippen LogP contribution in [0.5, 0.6) is 0 Å². The Morgan fingerprint density at radius 1 is 1.20 bits per heavy atom. The van der Waals surface area contributed by atoms with Gasteiger partial charge in [-0.05, 0) is 44.6 Å². The molecule has 0 amide bonds. The summed E-state index contributed by atoms with van der Waals surface area (Å²) in [4.78, 5) is 0. The third-order valence-corrected chi connectivity index (χ3v) is 3.60. The Morgan fingerprint density at radius 3 is 2.47 bits per heavy atom. The fourth-order valence-corrected chi connectivity index (χ4v) is 2.93. The first-order valence-corrected chi connectivity index (χ1v) is 5.99. The van der Waals surface area contributed by atoms with E-state index in [1.54, 1.807) is 0 Å². The molecule has 2 bridgehead atoms. The maximum absolute atomic E-state index is 11.9. The van der Waals surface area contributed by atoms with Gasteiger partial charge in [0.15, 0.2) is 0 Å². The van der Waals surface area contributed by atoms with Crippen LogP contribution in [0.2, 0.25) is 0 Å². The molecule has 0 aliphatic carbocycles. The Hall–Kier alpha value is -0.220. The first-order chi connectivity index (χ1) is 7.24. The molecule has 15 heavy (non-hydrogen) atoms. The van der Waals surface area contributed by atoms with Gasteiger partial charge < -0.3 is 10.6 Å². The summed E-state index contributed by atoms with van der Waals surface area (Å²) in [6.07, 6.45) is 3.95. The van der Waals surface area contributed by atoms with Gasteiger partial charge in [-0.25, -0.2) is 8.78 Å². The van der Waals surface area contributed by atoms with Crippen molar-refractivity contribution in [2.45, 2.75) is 50.6 Å². The van der Waals surface area contributed by atoms with E-state index in [0.29, 0.717) is 12.1 Å². The summed E-state index contributed by atoms with van der Waals surface area (Å²) in [7, 11) is 0. The normalized spacial score (nSPS) is 35.0. The number of hydrogen-bond acceptors (Lipinski definition) is 2. The lowest BCUT2D eigenvalue weighted by Crippen LogP contribution is -2.39. The van der Waals surface area contributed by atoms with Gasteiger partial charge >= 0.3 is 0 Å². The van der Waals surface area contributed by atoms with Crippen molar-refractivity contribution in [2.75, 3.05) is 13.1 Å². The lowest BCUT2D eigenvalue weighted by atomic mass is 9.90. The number of fused-ring (bicyclic) bond motifs is 2. The van der Waals surface area contributed by atoms with E-state index in [4.69, 9.17) is 0 Å². The standard InChI is InChI=1S/C11H20F2N2/c12-11(13)7-14-4-3-8-5-9-1-2-10(6-8)15-9/h8-11,14-15H,1-7H2. The van der Waals surface area contributed by atoms with E-state index in [0.717, 1.165) is 18.9 Å². The minimum Gasteiger partial charge on any atom is -0.311 e. The topological polar surface area (TPSA) is 24.1 Å². The van der Waals surface area contributed by atoms with Crippen molar-refractivity contribution in [3.8, 4) is 0 Å². The molecule has 2 heterocycles. The summed E-state index contributed by atoms with van der Waals surface area (Å²) in [6.45, 7) is 0.590. The Labute approximate surface area is 89.8 Å². The molecule has 2 aliphatic rings. The molecule has 0 aromatic carbocycles. The van der Waals surface area contributed by atoms with Crippen molar-refractivity contribution < 1.29 is 8.78 Å². The largest absolute Gasteiger partial charge is 0.311 e. The zero-order valence-corrected chi connectivity index (χ0v) is 9.02.